The number of benzene rings is 2. The molecule has 1 aliphatic heterocycles. The molecule has 2 aromatic carbocycles. The summed E-state index contributed by atoms with van der Waals surface area (Å²) in [7, 11) is -2.12. The number of piperidine rings is 1. The van der Waals surface area contributed by atoms with E-state index in [1.807, 2.05) is 0 Å². The molecule has 1 heterocycles. The summed E-state index contributed by atoms with van der Waals surface area (Å²) >= 11 is 9.40. The first-order chi connectivity index (χ1) is 13.3. The topological polar surface area (TPSA) is 75.7 Å². The lowest BCUT2D eigenvalue weighted by Crippen LogP contribution is -2.43. The van der Waals surface area contributed by atoms with E-state index in [9.17, 15) is 13.2 Å². The standard InChI is InChI=1S/C19H20BrClN2O4S/c1-27-18-9-6-15(11-17(18)21)22-19(24)13-3-2-10-23(12-13)28(25,26)16-7-4-14(20)5-8-16/h4-9,11,13H,2-3,10,12H2,1H3,(H,22,24)/t13-/m1/s1. The monoisotopic (exact) mass is 486 g/mol. The lowest BCUT2D eigenvalue weighted by Gasteiger charge is -2.31. The predicted octanol–water partition coefficient (Wildman–Crippen LogP) is 4.15. The average Bonchev–Trinajstić information content (AvgIpc) is 2.68. The molecule has 0 radical (unpaired) electrons. The average molecular weight is 488 g/mol. The van der Waals surface area contributed by atoms with Gasteiger partial charge in [0.1, 0.15) is 5.75 Å². The summed E-state index contributed by atoms with van der Waals surface area (Å²) in [5.74, 6) is -0.138. The van der Waals surface area contributed by atoms with E-state index in [0.717, 1.165) is 4.47 Å². The normalized spacial score (nSPS) is 17.9. The fourth-order valence-electron chi connectivity index (χ4n) is 3.12. The van der Waals surface area contributed by atoms with Gasteiger partial charge in [-0.15, -0.1) is 0 Å². The van der Waals surface area contributed by atoms with Gasteiger partial charge in [-0.3, -0.25) is 4.79 Å². The molecule has 1 fully saturated rings. The van der Waals surface area contributed by atoms with Crippen molar-refractivity contribution in [1.29, 1.82) is 0 Å². The van der Waals surface area contributed by atoms with Gasteiger partial charge in [0, 0.05) is 23.2 Å². The van der Waals surface area contributed by atoms with Crippen molar-refractivity contribution in [2.45, 2.75) is 17.7 Å². The number of carbonyl (C=O) groups excluding carboxylic acids is 1. The number of carbonyl (C=O) groups is 1. The SMILES string of the molecule is COc1ccc(NC(=O)[C@@H]2CCCN(S(=O)(=O)c3ccc(Br)cc3)C2)cc1Cl. The first-order valence-electron chi connectivity index (χ1n) is 8.71. The summed E-state index contributed by atoms with van der Waals surface area (Å²) in [5.41, 5.74) is 0.545. The van der Waals surface area contributed by atoms with Crippen LogP contribution < -0.4 is 10.1 Å². The Balaban J connectivity index is 1.71. The van der Waals surface area contributed by atoms with E-state index in [2.05, 4.69) is 21.2 Å². The largest absolute Gasteiger partial charge is 0.495 e. The summed E-state index contributed by atoms with van der Waals surface area (Å²) in [6.07, 6.45) is 1.25. The van der Waals surface area contributed by atoms with Crippen molar-refractivity contribution in [3.8, 4) is 5.75 Å². The second kappa shape index (κ2) is 8.82. The zero-order valence-corrected chi connectivity index (χ0v) is 18.4. The van der Waals surface area contributed by atoms with Crippen LogP contribution in [0.5, 0.6) is 5.75 Å². The third-order valence-corrected chi connectivity index (χ3v) is 7.33. The number of nitrogens with zero attached hydrogens (tertiary/aromatic N) is 1. The van der Waals surface area contributed by atoms with Gasteiger partial charge in [0.25, 0.3) is 0 Å². The van der Waals surface area contributed by atoms with Gasteiger partial charge in [-0.25, -0.2) is 8.42 Å². The van der Waals surface area contributed by atoms with Gasteiger partial charge in [-0.2, -0.15) is 4.31 Å². The highest BCUT2D eigenvalue weighted by atomic mass is 79.9. The first kappa shape index (κ1) is 21.1. The maximum Gasteiger partial charge on any atom is 0.243 e. The Labute approximate surface area is 178 Å². The Kier molecular flexibility index (Phi) is 6.65. The molecule has 0 spiro atoms. The van der Waals surface area contributed by atoms with E-state index in [1.165, 1.54) is 11.4 Å². The number of methoxy groups -OCH3 is 1. The van der Waals surface area contributed by atoms with Crippen molar-refractivity contribution in [3.63, 3.8) is 0 Å². The van der Waals surface area contributed by atoms with Crippen LogP contribution in [0.4, 0.5) is 5.69 Å². The summed E-state index contributed by atoms with van der Waals surface area (Å²) in [6.45, 7) is 0.546. The zero-order chi connectivity index (χ0) is 20.3. The summed E-state index contributed by atoms with van der Waals surface area (Å²) in [4.78, 5) is 12.9. The van der Waals surface area contributed by atoms with Gasteiger partial charge < -0.3 is 10.1 Å². The van der Waals surface area contributed by atoms with E-state index in [-0.39, 0.29) is 17.3 Å². The Hall–Kier alpha value is -1.61. The van der Waals surface area contributed by atoms with Crippen molar-refractivity contribution < 1.29 is 17.9 Å². The Morgan fingerprint density at radius 1 is 1.25 bits per heavy atom. The molecule has 1 N–H and O–H groups in total. The smallest absolute Gasteiger partial charge is 0.243 e. The second-order valence-corrected chi connectivity index (χ2v) is 9.76. The summed E-state index contributed by atoms with van der Waals surface area (Å²) in [5, 5.41) is 3.21. The third-order valence-electron chi connectivity index (χ3n) is 4.63. The maximum absolute atomic E-state index is 12.9. The highest BCUT2D eigenvalue weighted by Crippen LogP contribution is 2.29. The molecule has 0 aliphatic carbocycles. The molecule has 9 heteroatoms. The van der Waals surface area contributed by atoms with Crippen molar-refractivity contribution in [2.75, 3.05) is 25.5 Å². The highest BCUT2D eigenvalue weighted by Gasteiger charge is 2.33. The number of sulfonamides is 1. The Morgan fingerprint density at radius 3 is 2.61 bits per heavy atom. The minimum absolute atomic E-state index is 0.147. The van der Waals surface area contributed by atoms with Gasteiger partial charge in [0.05, 0.1) is 22.9 Å². The van der Waals surface area contributed by atoms with Gasteiger partial charge in [-0.1, -0.05) is 27.5 Å². The number of nitrogens with one attached hydrogen (secondary N) is 1. The van der Waals surface area contributed by atoms with Crippen LogP contribution in [0.15, 0.2) is 51.8 Å². The number of amides is 1. The fourth-order valence-corrected chi connectivity index (χ4v) is 5.16. The van der Waals surface area contributed by atoms with Gasteiger partial charge in [0.15, 0.2) is 0 Å². The van der Waals surface area contributed by atoms with Gasteiger partial charge >= 0.3 is 0 Å². The number of rotatable bonds is 5. The molecule has 6 nitrogen and oxygen atoms in total. The van der Waals surface area contributed by atoms with Crippen LogP contribution in [0.25, 0.3) is 0 Å². The van der Waals surface area contributed by atoms with Crippen molar-refractivity contribution in [2.24, 2.45) is 5.92 Å². The van der Waals surface area contributed by atoms with Gasteiger partial charge in [-0.05, 0) is 55.3 Å². The molecule has 150 valence electrons. The number of anilines is 1. The molecule has 0 unspecified atom stereocenters. The molecule has 2 aromatic rings. The van der Waals surface area contributed by atoms with Crippen molar-refractivity contribution >= 4 is 49.1 Å². The minimum Gasteiger partial charge on any atom is -0.495 e. The number of hydrogen-bond acceptors (Lipinski definition) is 4. The summed E-state index contributed by atoms with van der Waals surface area (Å²) < 4.78 is 33.1. The quantitative estimate of drug-likeness (QED) is 0.687. The van der Waals surface area contributed by atoms with Crippen molar-refractivity contribution in [1.82, 2.24) is 4.31 Å². The van der Waals surface area contributed by atoms with Crippen molar-refractivity contribution in [3.05, 3.63) is 52.0 Å². The van der Waals surface area contributed by atoms with Crippen LogP contribution >= 0.6 is 27.5 Å². The highest BCUT2D eigenvalue weighted by molar-refractivity contribution is 9.10. The Morgan fingerprint density at radius 2 is 1.96 bits per heavy atom. The molecule has 1 amide bonds. The lowest BCUT2D eigenvalue weighted by molar-refractivity contribution is -0.120. The molecule has 1 aliphatic rings. The van der Waals surface area contributed by atoms with Crippen LogP contribution in [0.2, 0.25) is 5.02 Å². The van der Waals surface area contributed by atoms with Crippen LogP contribution in [0.1, 0.15) is 12.8 Å². The van der Waals surface area contributed by atoms with Crippen LogP contribution in [0, 0.1) is 5.92 Å². The van der Waals surface area contributed by atoms with E-state index in [4.69, 9.17) is 16.3 Å². The van der Waals surface area contributed by atoms with Gasteiger partial charge in [0.2, 0.25) is 15.9 Å². The second-order valence-electron chi connectivity index (χ2n) is 6.49. The Bertz CT molecular complexity index is 966. The first-order valence-corrected chi connectivity index (χ1v) is 11.3. The van der Waals surface area contributed by atoms with Crippen LogP contribution in [-0.2, 0) is 14.8 Å². The minimum atomic E-state index is -3.64. The number of ether oxygens (including phenoxy) is 1. The molecule has 0 aromatic heterocycles. The maximum atomic E-state index is 12.9. The molecular weight excluding hydrogens is 468 g/mol. The molecule has 28 heavy (non-hydrogen) atoms. The lowest BCUT2D eigenvalue weighted by atomic mass is 9.98. The predicted molar refractivity (Wildman–Crippen MR) is 112 cm³/mol. The number of hydrogen-bond donors (Lipinski definition) is 1. The van der Waals surface area contributed by atoms with E-state index in [0.29, 0.717) is 35.8 Å². The van der Waals surface area contributed by atoms with E-state index < -0.39 is 15.9 Å². The molecule has 1 saturated heterocycles. The molecule has 1 atom stereocenters. The van der Waals surface area contributed by atoms with Crippen LogP contribution in [-0.4, -0.2) is 38.8 Å². The summed E-state index contributed by atoms with van der Waals surface area (Å²) in [6, 6.07) is 11.5. The van der Waals surface area contributed by atoms with E-state index in [1.54, 1.807) is 42.5 Å². The van der Waals surface area contributed by atoms with E-state index >= 15 is 0 Å². The van der Waals surface area contributed by atoms with Crippen LogP contribution in [0.3, 0.4) is 0 Å². The third kappa shape index (κ3) is 4.68. The molecule has 0 saturated carbocycles. The fraction of sp³-hybridized carbons (Fsp3) is 0.316. The zero-order valence-electron chi connectivity index (χ0n) is 15.2. The molecule has 0 bridgehead atoms. The number of halogens is 2. The molecule has 3 rings (SSSR count). The molecular formula is C19H20BrClN2O4S.